The van der Waals surface area contributed by atoms with Gasteiger partial charge in [0, 0.05) is 44.5 Å². The van der Waals surface area contributed by atoms with Crippen LogP contribution in [0.15, 0.2) is 67.3 Å². The van der Waals surface area contributed by atoms with Crippen molar-refractivity contribution in [2.75, 3.05) is 13.2 Å². The molecule has 0 aliphatic carbocycles. The van der Waals surface area contributed by atoms with E-state index < -0.39 is 0 Å². The molecular weight excluding hydrogens is 378 g/mol. The Hall–Kier alpha value is -3.45. The molecule has 0 saturated carbocycles. The minimum absolute atomic E-state index is 0.109. The van der Waals surface area contributed by atoms with Gasteiger partial charge in [-0.25, -0.2) is 4.68 Å². The van der Waals surface area contributed by atoms with Crippen molar-refractivity contribution in [1.29, 1.82) is 0 Å². The lowest BCUT2D eigenvalue weighted by Gasteiger charge is -2.10. The van der Waals surface area contributed by atoms with Crippen molar-refractivity contribution in [3.63, 3.8) is 0 Å². The summed E-state index contributed by atoms with van der Waals surface area (Å²) in [6, 6.07) is 14.0. The van der Waals surface area contributed by atoms with E-state index >= 15 is 0 Å². The Bertz CT molecular complexity index is 1140. The Kier molecular flexibility index (Phi) is 5.03. The van der Waals surface area contributed by atoms with Gasteiger partial charge in [0.1, 0.15) is 5.52 Å². The van der Waals surface area contributed by atoms with Crippen molar-refractivity contribution < 1.29 is 9.53 Å². The van der Waals surface area contributed by atoms with Crippen molar-refractivity contribution >= 4 is 16.9 Å². The highest BCUT2D eigenvalue weighted by Crippen LogP contribution is 2.21. The molecule has 1 amide bonds. The van der Waals surface area contributed by atoms with Gasteiger partial charge in [0.2, 0.25) is 0 Å². The van der Waals surface area contributed by atoms with Crippen LogP contribution in [0.25, 0.3) is 16.7 Å². The molecule has 0 spiro atoms. The number of fused-ring (bicyclic) bond motifs is 1. The minimum atomic E-state index is -0.109. The Morgan fingerprint density at radius 3 is 2.83 bits per heavy atom. The Morgan fingerprint density at radius 2 is 2.07 bits per heavy atom. The summed E-state index contributed by atoms with van der Waals surface area (Å²) in [7, 11) is 0. The molecule has 5 rings (SSSR count). The van der Waals surface area contributed by atoms with E-state index in [1.165, 1.54) is 0 Å². The van der Waals surface area contributed by atoms with Crippen molar-refractivity contribution in [3.8, 4) is 5.69 Å². The maximum Gasteiger partial charge on any atom is 0.255 e. The molecule has 1 saturated heterocycles. The van der Waals surface area contributed by atoms with E-state index in [0.29, 0.717) is 18.7 Å². The van der Waals surface area contributed by atoms with E-state index in [1.807, 2.05) is 47.4 Å². The molecule has 4 aromatic rings. The second-order valence-corrected chi connectivity index (χ2v) is 7.50. The standard InChI is InChI=1S/C23H23N5O2/c29-23(25-14-19-4-2-13-30-19)20-16-27(21-5-1-10-24-22(20)21)15-17-6-8-18(9-7-17)28-12-3-11-26-28/h1,3,5-12,16,19H,2,4,13-15H2,(H,25,29)/t19-/m0/s1. The first-order valence-corrected chi connectivity index (χ1v) is 10.2. The number of carbonyl (C=O) groups excluding carboxylic acids is 1. The van der Waals surface area contributed by atoms with E-state index in [9.17, 15) is 4.79 Å². The third kappa shape index (κ3) is 3.71. The van der Waals surface area contributed by atoms with Crippen LogP contribution in [0.4, 0.5) is 0 Å². The largest absolute Gasteiger partial charge is 0.376 e. The first kappa shape index (κ1) is 18.6. The molecule has 1 fully saturated rings. The molecule has 1 aliphatic rings. The fourth-order valence-corrected chi connectivity index (χ4v) is 3.90. The Balaban J connectivity index is 1.37. The lowest BCUT2D eigenvalue weighted by molar-refractivity contribution is 0.0859. The molecule has 0 radical (unpaired) electrons. The minimum Gasteiger partial charge on any atom is -0.376 e. The van der Waals surface area contributed by atoms with Crippen LogP contribution in [0.2, 0.25) is 0 Å². The van der Waals surface area contributed by atoms with E-state index in [0.717, 1.165) is 41.7 Å². The van der Waals surface area contributed by atoms with E-state index in [-0.39, 0.29) is 12.0 Å². The first-order valence-electron chi connectivity index (χ1n) is 10.2. The molecular formula is C23H23N5O2. The van der Waals surface area contributed by atoms with Crippen LogP contribution >= 0.6 is 0 Å². The van der Waals surface area contributed by atoms with Gasteiger partial charge in [-0.15, -0.1) is 0 Å². The Labute approximate surface area is 174 Å². The molecule has 1 aromatic carbocycles. The van der Waals surface area contributed by atoms with Crippen LogP contribution in [-0.4, -0.2) is 44.5 Å². The summed E-state index contributed by atoms with van der Waals surface area (Å²) >= 11 is 0. The zero-order valence-electron chi connectivity index (χ0n) is 16.6. The molecule has 152 valence electrons. The zero-order chi connectivity index (χ0) is 20.3. The number of rotatable bonds is 6. The third-order valence-electron chi connectivity index (χ3n) is 5.45. The quantitative estimate of drug-likeness (QED) is 0.539. The van der Waals surface area contributed by atoms with Gasteiger partial charge in [0.15, 0.2) is 0 Å². The topological polar surface area (TPSA) is 74.0 Å². The third-order valence-corrected chi connectivity index (χ3v) is 5.45. The number of pyridine rings is 1. The van der Waals surface area contributed by atoms with Crippen molar-refractivity contribution in [2.24, 2.45) is 0 Å². The second kappa shape index (κ2) is 8.12. The SMILES string of the molecule is O=C(NC[C@@H]1CCCO1)c1cn(Cc2ccc(-n3cccn3)cc2)c2cccnc12. The average molecular weight is 401 g/mol. The molecule has 1 aliphatic heterocycles. The lowest BCUT2D eigenvalue weighted by Crippen LogP contribution is -2.31. The zero-order valence-corrected chi connectivity index (χ0v) is 16.6. The number of aromatic nitrogens is 4. The molecule has 0 bridgehead atoms. The number of hydrogen-bond acceptors (Lipinski definition) is 4. The molecule has 1 N–H and O–H groups in total. The molecule has 4 heterocycles. The molecule has 3 aromatic heterocycles. The summed E-state index contributed by atoms with van der Waals surface area (Å²) in [4.78, 5) is 17.3. The number of hydrogen-bond donors (Lipinski definition) is 1. The maximum absolute atomic E-state index is 12.8. The van der Waals surface area contributed by atoms with Gasteiger partial charge < -0.3 is 14.6 Å². The number of nitrogens with one attached hydrogen (secondary N) is 1. The average Bonchev–Trinajstić information content (AvgIpc) is 3.54. The highest BCUT2D eigenvalue weighted by atomic mass is 16.5. The summed E-state index contributed by atoms with van der Waals surface area (Å²) < 4.78 is 9.51. The number of ether oxygens (including phenoxy) is 1. The van der Waals surface area contributed by atoms with Crippen LogP contribution in [0.1, 0.15) is 28.8 Å². The predicted octanol–water partition coefficient (Wildman–Crippen LogP) is 3.18. The molecule has 0 unspecified atom stereocenters. The van der Waals surface area contributed by atoms with E-state index in [4.69, 9.17) is 4.74 Å². The highest BCUT2D eigenvalue weighted by Gasteiger charge is 2.20. The van der Waals surface area contributed by atoms with Crippen LogP contribution in [0.5, 0.6) is 0 Å². The van der Waals surface area contributed by atoms with Gasteiger partial charge in [0.05, 0.1) is 22.9 Å². The smallest absolute Gasteiger partial charge is 0.255 e. The second-order valence-electron chi connectivity index (χ2n) is 7.50. The summed E-state index contributed by atoms with van der Waals surface area (Å²) in [5.74, 6) is -0.109. The molecule has 7 nitrogen and oxygen atoms in total. The number of amides is 1. The van der Waals surface area contributed by atoms with Gasteiger partial charge in [-0.1, -0.05) is 12.1 Å². The molecule has 1 atom stereocenters. The number of nitrogens with zero attached hydrogens (tertiary/aromatic N) is 4. The van der Waals surface area contributed by atoms with Crippen molar-refractivity contribution in [3.05, 3.63) is 78.4 Å². The highest BCUT2D eigenvalue weighted by molar-refractivity contribution is 6.05. The van der Waals surface area contributed by atoms with Crippen molar-refractivity contribution in [2.45, 2.75) is 25.5 Å². The van der Waals surface area contributed by atoms with Gasteiger partial charge in [0.25, 0.3) is 5.91 Å². The van der Waals surface area contributed by atoms with Gasteiger partial charge in [-0.05, 0) is 48.7 Å². The fourth-order valence-electron chi connectivity index (χ4n) is 3.90. The monoisotopic (exact) mass is 401 g/mol. The fraction of sp³-hybridized carbons (Fsp3) is 0.261. The van der Waals surface area contributed by atoms with Gasteiger partial charge in [-0.2, -0.15) is 5.10 Å². The van der Waals surface area contributed by atoms with Gasteiger partial charge >= 0.3 is 0 Å². The predicted molar refractivity (Wildman–Crippen MR) is 114 cm³/mol. The molecule has 7 heteroatoms. The van der Waals surface area contributed by atoms with Gasteiger partial charge in [-0.3, -0.25) is 9.78 Å². The summed E-state index contributed by atoms with van der Waals surface area (Å²) in [5.41, 5.74) is 4.40. The van der Waals surface area contributed by atoms with Crippen molar-refractivity contribution in [1.82, 2.24) is 24.6 Å². The lowest BCUT2D eigenvalue weighted by atomic mass is 10.2. The van der Waals surface area contributed by atoms with Crippen LogP contribution < -0.4 is 5.32 Å². The van der Waals surface area contributed by atoms with Crippen LogP contribution in [0.3, 0.4) is 0 Å². The summed E-state index contributed by atoms with van der Waals surface area (Å²) in [5, 5.41) is 7.27. The van der Waals surface area contributed by atoms with Crippen LogP contribution in [0, 0.1) is 0 Å². The molecule has 30 heavy (non-hydrogen) atoms. The van der Waals surface area contributed by atoms with Crippen LogP contribution in [-0.2, 0) is 11.3 Å². The Morgan fingerprint density at radius 1 is 1.17 bits per heavy atom. The van der Waals surface area contributed by atoms with E-state index in [1.54, 1.807) is 12.4 Å². The first-order chi connectivity index (χ1) is 14.8. The summed E-state index contributed by atoms with van der Waals surface area (Å²) in [6.07, 6.45) is 9.46. The number of benzene rings is 1. The maximum atomic E-state index is 12.8. The normalized spacial score (nSPS) is 16.2. The summed E-state index contributed by atoms with van der Waals surface area (Å²) in [6.45, 7) is 1.97. The number of carbonyl (C=O) groups is 1. The van der Waals surface area contributed by atoms with E-state index in [2.05, 4.69) is 32.1 Å².